The van der Waals surface area contributed by atoms with Gasteiger partial charge in [0, 0.05) is 35.1 Å². The van der Waals surface area contributed by atoms with Crippen LogP contribution in [0.15, 0.2) is 23.1 Å². The highest BCUT2D eigenvalue weighted by molar-refractivity contribution is 8.13. The lowest BCUT2D eigenvalue weighted by atomic mass is 9.86. The minimum absolute atomic E-state index is 0.0197. The lowest BCUT2D eigenvalue weighted by Gasteiger charge is -2.24. The second-order valence-corrected chi connectivity index (χ2v) is 7.96. The van der Waals surface area contributed by atoms with Crippen molar-refractivity contribution >= 4 is 31.3 Å². The molecule has 22 heavy (non-hydrogen) atoms. The summed E-state index contributed by atoms with van der Waals surface area (Å²) in [5, 5.41) is 0. The summed E-state index contributed by atoms with van der Waals surface area (Å²) in [7, 11) is 1.31. The van der Waals surface area contributed by atoms with E-state index >= 15 is 4.39 Å². The highest BCUT2D eigenvalue weighted by Crippen LogP contribution is 2.48. The molecular weight excluding hydrogens is 329 g/mol. The molecule has 0 spiro atoms. The van der Waals surface area contributed by atoms with Crippen molar-refractivity contribution in [1.82, 2.24) is 0 Å². The molecule has 4 nitrogen and oxygen atoms in total. The Balaban J connectivity index is 2.66. The maximum Gasteiger partial charge on any atom is 0.269 e. The van der Waals surface area contributed by atoms with Crippen LogP contribution in [0.3, 0.4) is 0 Å². The third-order valence-corrected chi connectivity index (χ3v) is 5.12. The van der Waals surface area contributed by atoms with Gasteiger partial charge in [-0.1, -0.05) is 13.8 Å². The van der Waals surface area contributed by atoms with Crippen LogP contribution < -0.4 is 4.90 Å². The predicted octanol–water partition coefficient (Wildman–Crippen LogP) is 2.80. The van der Waals surface area contributed by atoms with Gasteiger partial charge in [-0.3, -0.25) is 4.79 Å². The monoisotopic (exact) mass is 343 g/mol. The molecule has 1 unspecified atom stereocenters. The molecule has 0 fully saturated rings. The Morgan fingerprint density at radius 3 is 2.59 bits per heavy atom. The SMILES string of the molecule is C#CCCN1C(=O)C(F)(C(C)C)c2cc(S(=O)(=O)Cl)ccc21. The lowest BCUT2D eigenvalue weighted by Crippen LogP contribution is -2.41. The van der Waals surface area contributed by atoms with Crippen molar-refractivity contribution in [3.8, 4) is 12.3 Å². The first-order valence-corrected chi connectivity index (χ1v) is 8.98. The van der Waals surface area contributed by atoms with Gasteiger partial charge in [-0.05, 0) is 18.2 Å². The van der Waals surface area contributed by atoms with Crippen molar-refractivity contribution in [2.45, 2.75) is 30.8 Å². The van der Waals surface area contributed by atoms with E-state index in [1.807, 2.05) is 0 Å². The van der Waals surface area contributed by atoms with Gasteiger partial charge in [-0.25, -0.2) is 12.8 Å². The van der Waals surface area contributed by atoms with Gasteiger partial charge in [0.25, 0.3) is 15.0 Å². The van der Waals surface area contributed by atoms with Crippen LogP contribution >= 0.6 is 10.7 Å². The zero-order valence-electron chi connectivity index (χ0n) is 12.1. The summed E-state index contributed by atoms with van der Waals surface area (Å²) >= 11 is 0. The molecule has 7 heteroatoms. The van der Waals surface area contributed by atoms with Crippen LogP contribution in [0.5, 0.6) is 0 Å². The summed E-state index contributed by atoms with van der Waals surface area (Å²) in [6.45, 7) is 3.30. The molecule has 0 radical (unpaired) electrons. The molecule has 0 bridgehead atoms. The van der Waals surface area contributed by atoms with E-state index in [9.17, 15) is 13.2 Å². The maximum atomic E-state index is 15.4. The largest absolute Gasteiger partial charge is 0.308 e. The standard InChI is InChI=1S/C15H15ClFNO3S/c1-4-5-8-18-13-7-6-11(22(16,20)21)9-12(13)15(17,10(2)3)14(18)19/h1,6-7,9-10H,5,8H2,2-3H3. The molecule has 0 aromatic heterocycles. The fourth-order valence-corrected chi connectivity index (χ4v) is 3.35. The van der Waals surface area contributed by atoms with Crippen LogP contribution in [0.2, 0.25) is 0 Å². The molecule has 0 N–H and O–H groups in total. The average molecular weight is 344 g/mol. The summed E-state index contributed by atoms with van der Waals surface area (Å²) in [6, 6.07) is 3.78. The molecule has 1 aromatic rings. The van der Waals surface area contributed by atoms with Gasteiger partial charge in [0.15, 0.2) is 0 Å². The van der Waals surface area contributed by atoms with E-state index in [2.05, 4.69) is 5.92 Å². The summed E-state index contributed by atoms with van der Waals surface area (Å²) in [5.41, 5.74) is -1.94. The molecule has 0 aliphatic carbocycles. The zero-order chi connectivity index (χ0) is 16.7. The molecule has 1 heterocycles. The zero-order valence-corrected chi connectivity index (χ0v) is 13.7. The molecule has 2 rings (SSSR count). The van der Waals surface area contributed by atoms with E-state index in [1.54, 1.807) is 13.8 Å². The van der Waals surface area contributed by atoms with Crippen molar-refractivity contribution in [2.24, 2.45) is 5.92 Å². The Bertz CT molecular complexity index is 769. The molecule has 1 aliphatic rings. The van der Waals surface area contributed by atoms with Crippen LogP contribution in [0.1, 0.15) is 25.8 Å². The first-order chi connectivity index (χ1) is 10.1. The second kappa shape index (κ2) is 5.56. The number of carbonyl (C=O) groups excluding carboxylic acids is 1. The summed E-state index contributed by atoms with van der Waals surface area (Å²) in [4.78, 5) is 13.5. The number of alkyl halides is 1. The molecular formula is C15H15ClFNO3S. The Kier molecular flexibility index (Phi) is 4.24. The highest BCUT2D eigenvalue weighted by atomic mass is 35.7. The van der Waals surface area contributed by atoms with Gasteiger partial charge in [0.2, 0.25) is 5.67 Å². The fraction of sp³-hybridized carbons (Fsp3) is 0.400. The molecule has 1 aromatic carbocycles. The van der Waals surface area contributed by atoms with Crippen molar-refractivity contribution < 1.29 is 17.6 Å². The molecule has 0 saturated heterocycles. The van der Waals surface area contributed by atoms with Crippen molar-refractivity contribution in [2.75, 3.05) is 11.4 Å². The number of hydrogen-bond acceptors (Lipinski definition) is 3. The second-order valence-electron chi connectivity index (χ2n) is 5.39. The van der Waals surface area contributed by atoms with Gasteiger partial charge < -0.3 is 4.90 Å². The molecule has 1 atom stereocenters. The Labute approximate surface area is 133 Å². The quantitative estimate of drug-likeness (QED) is 0.624. The van der Waals surface area contributed by atoms with Gasteiger partial charge in [-0.2, -0.15) is 0 Å². The molecule has 0 saturated carbocycles. The van der Waals surface area contributed by atoms with Crippen molar-refractivity contribution in [3.05, 3.63) is 23.8 Å². The van der Waals surface area contributed by atoms with Crippen molar-refractivity contribution in [1.29, 1.82) is 0 Å². The number of carbonyl (C=O) groups is 1. The normalized spacial score (nSPS) is 21.1. The molecule has 1 amide bonds. The number of rotatable bonds is 4. The number of amides is 1. The van der Waals surface area contributed by atoms with E-state index in [4.69, 9.17) is 17.1 Å². The van der Waals surface area contributed by atoms with E-state index in [-0.39, 0.29) is 23.4 Å². The van der Waals surface area contributed by atoms with Crippen LogP contribution in [0.25, 0.3) is 0 Å². The average Bonchev–Trinajstić information content (AvgIpc) is 2.65. The van der Waals surface area contributed by atoms with Crippen LogP contribution in [0, 0.1) is 18.3 Å². The third kappa shape index (κ3) is 2.49. The van der Waals surface area contributed by atoms with Crippen molar-refractivity contribution in [3.63, 3.8) is 0 Å². The fourth-order valence-electron chi connectivity index (χ4n) is 2.57. The van der Waals surface area contributed by atoms with Gasteiger partial charge in [0.1, 0.15) is 0 Å². The number of hydrogen-bond donors (Lipinski definition) is 0. The Morgan fingerprint density at radius 2 is 2.09 bits per heavy atom. The minimum Gasteiger partial charge on any atom is -0.308 e. The van der Waals surface area contributed by atoms with E-state index in [1.165, 1.54) is 17.0 Å². The number of fused-ring (bicyclic) bond motifs is 1. The number of anilines is 1. The van der Waals surface area contributed by atoms with Gasteiger partial charge >= 0.3 is 0 Å². The number of halogens is 2. The first-order valence-electron chi connectivity index (χ1n) is 6.67. The van der Waals surface area contributed by atoms with E-state index in [0.29, 0.717) is 5.69 Å². The Hall–Kier alpha value is -1.58. The Morgan fingerprint density at radius 1 is 1.45 bits per heavy atom. The smallest absolute Gasteiger partial charge is 0.269 e. The lowest BCUT2D eigenvalue weighted by molar-refractivity contribution is -0.132. The number of benzene rings is 1. The number of terminal acetylenes is 1. The minimum atomic E-state index is -4.01. The van der Waals surface area contributed by atoms with Gasteiger partial charge in [-0.15, -0.1) is 12.3 Å². The van der Waals surface area contributed by atoms with Crippen LogP contribution in [-0.2, 0) is 19.5 Å². The van der Waals surface area contributed by atoms with Crippen LogP contribution in [-0.4, -0.2) is 20.9 Å². The van der Waals surface area contributed by atoms with E-state index in [0.717, 1.165) is 6.07 Å². The number of nitrogens with zero attached hydrogens (tertiary/aromatic N) is 1. The predicted molar refractivity (Wildman–Crippen MR) is 82.9 cm³/mol. The topological polar surface area (TPSA) is 54.5 Å². The summed E-state index contributed by atoms with van der Waals surface area (Å²) in [6.07, 6.45) is 5.47. The van der Waals surface area contributed by atoms with E-state index < -0.39 is 26.5 Å². The highest BCUT2D eigenvalue weighted by Gasteiger charge is 2.54. The summed E-state index contributed by atoms with van der Waals surface area (Å²) < 4.78 is 38.3. The molecule has 1 aliphatic heterocycles. The van der Waals surface area contributed by atoms with Gasteiger partial charge in [0.05, 0.1) is 10.6 Å². The van der Waals surface area contributed by atoms with Crippen LogP contribution in [0.4, 0.5) is 10.1 Å². The first kappa shape index (κ1) is 16.8. The maximum absolute atomic E-state index is 15.4. The summed E-state index contributed by atoms with van der Waals surface area (Å²) in [5.74, 6) is 1.02. The molecule has 118 valence electrons. The third-order valence-electron chi connectivity index (χ3n) is 3.76.